The fraction of sp³-hybridized carbons (Fsp3) is 0.0333. The molecule has 4 aromatic carbocycles. The van der Waals surface area contributed by atoms with Gasteiger partial charge in [0, 0.05) is 21.2 Å². The summed E-state index contributed by atoms with van der Waals surface area (Å²) in [7, 11) is 0. The van der Waals surface area contributed by atoms with E-state index >= 15 is 0 Å². The summed E-state index contributed by atoms with van der Waals surface area (Å²) in [6.45, 7) is 0. The number of amides is 3. The molecule has 0 bridgehead atoms. The summed E-state index contributed by atoms with van der Waals surface area (Å²) in [5.74, 6) is -1.82. The van der Waals surface area contributed by atoms with E-state index in [1.54, 1.807) is 91.0 Å². The van der Waals surface area contributed by atoms with Gasteiger partial charge in [0.1, 0.15) is 11.5 Å². The maximum Gasteiger partial charge on any atom is 0.272 e. The smallest absolute Gasteiger partial charge is 0.272 e. The average molecular weight is 560 g/mol. The van der Waals surface area contributed by atoms with Crippen LogP contribution in [0.4, 0.5) is 15.8 Å². The maximum absolute atomic E-state index is 13.8. The molecule has 196 valence electrons. The van der Waals surface area contributed by atoms with Gasteiger partial charge in [0.25, 0.3) is 11.8 Å². The van der Waals surface area contributed by atoms with Crippen molar-refractivity contribution in [2.24, 2.45) is 0 Å². The molecule has 0 aliphatic carbocycles. The van der Waals surface area contributed by atoms with Gasteiger partial charge in [-0.3, -0.25) is 14.4 Å². The molecule has 0 saturated heterocycles. The van der Waals surface area contributed by atoms with Crippen LogP contribution in [0.15, 0.2) is 114 Å². The molecule has 3 amide bonds. The van der Waals surface area contributed by atoms with E-state index in [1.807, 2.05) is 0 Å². The molecule has 0 unspecified atom stereocenters. The molecule has 0 radical (unpaired) electrons. The van der Waals surface area contributed by atoms with Gasteiger partial charge in [0.05, 0.1) is 11.4 Å². The molecule has 4 aromatic rings. The second kappa shape index (κ2) is 13.4. The van der Waals surface area contributed by atoms with E-state index in [0.717, 1.165) is 0 Å². The van der Waals surface area contributed by atoms with E-state index in [4.69, 9.17) is 11.6 Å². The topological polar surface area (TPSA) is 87.3 Å². The van der Waals surface area contributed by atoms with Crippen LogP contribution < -0.4 is 16.0 Å². The second-order valence-electron chi connectivity index (χ2n) is 8.23. The number of nitrogens with one attached hydrogen (secondary N) is 3. The minimum Gasteiger partial charge on any atom is -0.323 e. The lowest BCUT2D eigenvalue weighted by Gasteiger charge is -2.12. The van der Waals surface area contributed by atoms with Crippen molar-refractivity contribution >= 4 is 58.5 Å². The number of thioether (sulfide) groups is 1. The van der Waals surface area contributed by atoms with E-state index in [1.165, 1.54) is 30.0 Å². The molecule has 0 atom stereocenters. The largest absolute Gasteiger partial charge is 0.323 e. The number of anilines is 2. The van der Waals surface area contributed by atoms with E-state index in [0.29, 0.717) is 26.7 Å². The summed E-state index contributed by atoms with van der Waals surface area (Å²) in [6.07, 6.45) is 1.54. The highest BCUT2D eigenvalue weighted by Crippen LogP contribution is 2.23. The number of rotatable bonds is 9. The van der Waals surface area contributed by atoms with Crippen molar-refractivity contribution in [2.45, 2.75) is 4.90 Å². The van der Waals surface area contributed by atoms with Crippen molar-refractivity contribution < 1.29 is 18.8 Å². The lowest BCUT2D eigenvalue weighted by molar-refractivity contribution is -0.114. The van der Waals surface area contributed by atoms with E-state index in [-0.39, 0.29) is 23.0 Å². The van der Waals surface area contributed by atoms with Crippen molar-refractivity contribution in [3.63, 3.8) is 0 Å². The highest BCUT2D eigenvalue weighted by Gasteiger charge is 2.16. The van der Waals surface area contributed by atoms with Crippen LogP contribution >= 0.6 is 23.4 Å². The zero-order valence-electron chi connectivity index (χ0n) is 20.5. The molecular formula is C30H23ClFN3O3S. The van der Waals surface area contributed by atoms with Crippen molar-refractivity contribution in [1.29, 1.82) is 0 Å². The normalized spacial score (nSPS) is 11.0. The summed E-state index contributed by atoms with van der Waals surface area (Å²) in [5, 5.41) is 8.50. The number of carbonyl (C=O) groups is 3. The van der Waals surface area contributed by atoms with E-state index < -0.39 is 17.6 Å². The van der Waals surface area contributed by atoms with Crippen molar-refractivity contribution in [1.82, 2.24) is 5.32 Å². The Morgan fingerprint density at radius 3 is 2.33 bits per heavy atom. The first kappa shape index (κ1) is 27.6. The van der Waals surface area contributed by atoms with Crippen LogP contribution in [0.3, 0.4) is 0 Å². The fourth-order valence-electron chi connectivity index (χ4n) is 3.47. The first-order valence-corrected chi connectivity index (χ1v) is 13.2. The zero-order chi connectivity index (χ0) is 27.6. The number of benzene rings is 4. The molecule has 39 heavy (non-hydrogen) atoms. The van der Waals surface area contributed by atoms with Crippen LogP contribution in [0, 0.1) is 5.82 Å². The predicted molar refractivity (Wildman–Crippen MR) is 154 cm³/mol. The molecule has 0 aliphatic rings. The third-order valence-corrected chi connectivity index (χ3v) is 6.53. The van der Waals surface area contributed by atoms with Crippen LogP contribution in [0.2, 0.25) is 5.02 Å². The van der Waals surface area contributed by atoms with Crippen LogP contribution in [0.1, 0.15) is 15.9 Å². The van der Waals surface area contributed by atoms with Gasteiger partial charge in [0.15, 0.2) is 0 Å². The van der Waals surface area contributed by atoms with Crippen molar-refractivity contribution in [2.75, 3.05) is 16.4 Å². The molecule has 0 heterocycles. The number of para-hydroxylation sites is 1. The SMILES string of the molecule is O=C(CSc1cccc(NC(=O)/C(=C/c2cccc(Cl)c2)NC(=O)c2ccccc2)c1)Nc1ccccc1F. The Kier molecular flexibility index (Phi) is 9.50. The van der Waals surface area contributed by atoms with Gasteiger partial charge in [-0.15, -0.1) is 11.8 Å². The highest BCUT2D eigenvalue weighted by atomic mass is 35.5. The van der Waals surface area contributed by atoms with Gasteiger partial charge >= 0.3 is 0 Å². The predicted octanol–water partition coefficient (Wildman–Crippen LogP) is 6.62. The van der Waals surface area contributed by atoms with Gasteiger partial charge in [-0.25, -0.2) is 4.39 Å². The van der Waals surface area contributed by atoms with Crippen LogP contribution in [0.25, 0.3) is 6.08 Å². The Labute approximate surface area is 234 Å². The first-order valence-electron chi connectivity index (χ1n) is 11.8. The third kappa shape index (κ3) is 8.29. The van der Waals surface area contributed by atoms with Gasteiger partial charge < -0.3 is 16.0 Å². The van der Waals surface area contributed by atoms with Gasteiger partial charge in [-0.05, 0) is 66.2 Å². The van der Waals surface area contributed by atoms with Gasteiger partial charge in [-0.2, -0.15) is 0 Å². The van der Waals surface area contributed by atoms with Gasteiger partial charge in [-0.1, -0.05) is 60.1 Å². The minimum absolute atomic E-state index is 0.0217. The van der Waals surface area contributed by atoms with Crippen molar-refractivity contribution in [3.05, 3.63) is 131 Å². The Morgan fingerprint density at radius 2 is 1.56 bits per heavy atom. The second-order valence-corrected chi connectivity index (χ2v) is 9.72. The molecule has 4 rings (SSSR count). The number of carbonyl (C=O) groups excluding carboxylic acids is 3. The average Bonchev–Trinajstić information content (AvgIpc) is 2.93. The number of halogens is 2. The molecule has 9 heteroatoms. The summed E-state index contributed by atoms with van der Waals surface area (Å²) < 4.78 is 13.8. The molecular weight excluding hydrogens is 537 g/mol. The lowest BCUT2D eigenvalue weighted by atomic mass is 10.1. The summed E-state index contributed by atoms with van der Waals surface area (Å²) in [4.78, 5) is 39.0. The molecule has 0 aromatic heterocycles. The first-order chi connectivity index (χ1) is 18.9. The maximum atomic E-state index is 13.8. The standard InChI is InChI=1S/C30H23ClFN3O3S/c31-22-11-6-8-20(16-22)17-27(35-29(37)21-9-2-1-3-10-21)30(38)33-23-12-7-13-24(18-23)39-19-28(36)34-26-15-5-4-14-25(26)32/h1-18H,19H2,(H,33,38)(H,34,36)(H,35,37)/b27-17-. The molecule has 3 N–H and O–H groups in total. The number of hydrogen-bond acceptors (Lipinski definition) is 4. The van der Waals surface area contributed by atoms with Crippen LogP contribution in [0.5, 0.6) is 0 Å². The Morgan fingerprint density at radius 1 is 0.821 bits per heavy atom. The monoisotopic (exact) mass is 559 g/mol. The Balaban J connectivity index is 1.46. The molecule has 0 saturated carbocycles. The van der Waals surface area contributed by atoms with Crippen molar-refractivity contribution in [3.8, 4) is 0 Å². The summed E-state index contributed by atoms with van der Waals surface area (Å²) in [6, 6.07) is 28.3. The molecule has 0 aliphatic heterocycles. The Hall–Kier alpha value is -4.40. The zero-order valence-corrected chi connectivity index (χ0v) is 22.1. The third-order valence-electron chi connectivity index (χ3n) is 5.30. The quantitative estimate of drug-likeness (QED) is 0.159. The lowest BCUT2D eigenvalue weighted by Crippen LogP contribution is -2.30. The Bertz CT molecular complexity index is 1530. The minimum atomic E-state index is -0.543. The van der Waals surface area contributed by atoms with E-state index in [2.05, 4.69) is 16.0 Å². The number of hydrogen-bond donors (Lipinski definition) is 3. The molecule has 0 spiro atoms. The van der Waals surface area contributed by atoms with Gasteiger partial charge in [0.2, 0.25) is 5.91 Å². The summed E-state index contributed by atoms with van der Waals surface area (Å²) in [5.41, 5.74) is 1.63. The van der Waals surface area contributed by atoms with Crippen LogP contribution in [-0.4, -0.2) is 23.5 Å². The fourth-order valence-corrected chi connectivity index (χ4v) is 4.42. The molecule has 0 fully saturated rings. The molecule has 6 nitrogen and oxygen atoms in total. The van der Waals surface area contributed by atoms with Crippen LogP contribution in [-0.2, 0) is 9.59 Å². The van der Waals surface area contributed by atoms with E-state index in [9.17, 15) is 18.8 Å². The summed E-state index contributed by atoms with van der Waals surface area (Å²) >= 11 is 7.33. The highest BCUT2D eigenvalue weighted by molar-refractivity contribution is 8.00.